The molecular weight excluding hydrogens is 208 g/mol. The van der Waals surface area contributed by atoms with Crippen molar-refractivity contribution in [1.82, 2.24) is 9.88 Å². The van der Waals surface area contributed by atoms with Crippen molar-refractivity contribution in [2.24, 2.45) is 10.8 Å². The molecule has 2 rings (SSSR count). The van der Waals surface area contributed by atoms with Crippen LogP contribution in [0, 0.1) is 10.8 Å². The van der Waals surface area contributed by atoms with Gasteiger partial charge in [-0.3, -0.25) is 0 Å². The van der Waals surface area contributed by atoms with E-state index in [9.17, 15) is 0 Å². The highest BCUT2D eigenvalue weighted by Gasteiger charge is 2.37. The first-order valence-electron chi connectivity index (χ1n) is 6.60. The molecule has 1 aliphatic heterocycles. The summed E-state index contributed by atoms with van der Waals surface area (Å²) in [5, 5.41) is 3.85. The van der Waals surface area contributed by atoms with Gasteiger partial charge in [-0.2, -0.15) is 0 Å². The highest BCUT2D eigenvalue weighted by atomic mass is 15.1. The maximum Gasteiger partial charge on any atom is 0.0526 e. The molecule has 1 aromatic rings. The molecule has 2 unspecified atom stereocenters. The van der Waals surface area contributed by atoms with Crippen LogP contribution in [0.5, 0.6) is 0 Å². The summed E-state index contributed by atoms with van der Waals surface area (Å²) in [6, 6.07) is 5.39. The smallest absolute Gasteiger partial charge is 0.0526 e. The standard InChI is InChI=1S/C15H26N2/c1-14(2,3)12-10-17-9-7-8-11(17)13(16-12)15(4,5)6/h7-9,12-13,16H,10H2,1-6H3. The van der Waals surface area contributed by atoms with E-state index in [1.54, 1.807) is 0 Å². The highest BCUT2D eigenvalue weighted by molar-refractivity contribution is 5.18. The largest absolute Gasteiger partial charge is 0.348 e. The maximum atomic E-state index is 3.85. The van der Waals surface area contributed by atoms with Crippen LogP contribution in [-0.2, 0) is 6.54 Å². The Hall–Kier alpha value is -0.760. The van der Waals surface area contributed by atoms with Crippen LogP contribution in [0.1, 0.15) is 53.3 Å². The third-order valence-corrected chi connectivity index (χ3v) is 3.82. The Kier molecular flexibility index (Phi) is 2.89. The molecule has 0 aliphatic carbocycles. The third-order valence-electron chi connectivity index (χ3n) is 3.82. The Morgan fingerprint density at radius 3 is 2.29 bits per heavy atom. The van der Waals surface area contributed by atoms with Crippen molar-refractivity contribution in [3.8, 4) is 0 Å². The molecule has 1 aromatic heterocycles. The van der Waals surface area contributed by atoms with Crippen molar-refractivity contribution in [3.05, 3.63) is 24.0 Å². The predicted molar refractivity (Wildman–Crippen MR) is 73.0 cm³/mol. The minimum atomic E-state index is 0.250. The van der Waals surface area contributed by atoms with E-state index in [1.165, 1.54) is 5.69 Å². The zero-order chi connectivity index (χ0) is 12.8. The van der Waals surface area contributed by atoms with Crippen molar-refractivity contribution >= 4 is 0 Å². The Labute approximate surface area is 105 Å². The number of hydrogen-bond acceptors (Lipinski definition) is 1. The van der Waals surface area contributed by atoms with Gasteiger partial charge in [-0.25, -0.2) is 0 Å². The lowest BCUT2D eigenvalue weighted by molar-refractivity contribution is 0.139. The molecule has 0 aromatic carbocycles. The molecule has 96 valence electrons. The van der Waals surface area contributed by atoms with Crippen LogP contribution in [0.3, 0.4) is 0 Å². The van der Waals surface area contributed by atoms with Crippen molar-refractivity contribution in [2.75, 3.05) is 0 Å². The molecule has 0 saturated heterocycles. The lowest BCUT2D eigenvalue weighted by Crippen LogP contribution is -2.52. The van der Waals surface area contributed by atoms with Gasteiger partial charge in [-0.1, -0.05) is 41.5 Å². The Morgan fingerprint density at radius 1 is 1.12 bits per heavy atom. The van der Waals surface area contributed by atoms with E-state index >= 15 is 0 Å². The molecule has 2 heteroatoms. The fraction of sp³-hybridized carbons (Fsp3) is 0.733. The van der Waals surface area contributed by atoms with Gasteiger partial charge in [0.25, 0.3) is 0 Å². The van der Waals surface area contributed by atoms with Gasteiger partial charge in [-0.05, 0) is 23.0 Å². The van der Waals surface area contributed by atoms with Crippen molar-refractivity contribution in [3.63, 3.8) is 0 Å². The zero-order valence-electron chi connectivity index (χ0n) is 12.0. The van der Waals surface area contributed by atoms with Crippen LogP contribution in [0.4, 0.5) is 0 Å². The van der Waals surface area contributed by atoms with E-state index in [4.69, 9.17) is 0 Å². The van der Waals surface area contributed by atoms with E-state index in [1.807, 2.05) is 0 Å². The lowest BCUT2D eigenvalue weighted by Gasteiger charge is -2.44. The quantitative estimate of drug-likeness (QED) is 0.726. The van der Waals surface area contributed by atoms with Gasteiger partial charge in [0.15, 0.2) is 0 Å². The number of nitrogens with zero attached hydrogens (tertiary/aromatic N) is 1. The minimum Gasteiger partial charge on any atom is -0.348 e. The zero-order valence-corrected chi connectivity index (χ0v) is 12.0. The first-order valence-corrected chi connectivity index (χ1v) is 6.60. The van der Waals surface area contributed by atoms with E-state index in [0.717, 1.165) is 6.54 Å². The van der Waals surface area contributed by atoms with Gasteiger partial charge in [0.2, 0.25) is 0 Å². The second kappa shape index (κ2) is 3.88. The van der Waals surface area contributed by atoms with Crippen molar-refractivity contribution in [1.29, 1.82) is 0 Å². The summed E-state index contributed by atoms with van der Waals surface area (Å²) in [7, 11) is 0. The van der Waals surface area contributed by atoms with Gasteiger partial charge < -0.3 is 9.88 Å². The molecule has 0 radical (unpaired) electrons. The van der Waals surface area contributed by atoms with E-state index in [0.29, 0.717) is 17.5 Å². The van der Waals surface area contributed by atoms with Crippen LogP contribution in [0.25, 0.3) is 0 Å². The van der Waals surface area contributed by atoms with Crippen LogP contribution in [0.15, 0.2) is 18.3 Å². The van der Waals surface area contributed by atoms with Crippen LogP contribution >= 0.6 is 0 Å². The average Bonchev–Trinajstić information content (AvgIpc) is 2.59. The van der Waals surface area contributed by atoms with Gasteiger partial charge in [0, 0.05) is 24.5 Å². The van der Waals surface area contributed by atoms with Crippen molar-refractivity contribution in [2.45, 2.75) is 60.2 Å². The number of fused-ring (bicyclic) bond motifs is 1. The summed E-state index contributed by atoms with van der Waals surface area (Å²) in [4.78, 5) is 0. The summed E-state index contributed by atoms with van der Waals surface area (Å²) < 4.78 is 2.42. The minimum absolute atomic E-state index is 0.250. The van der Waals surface area contributed by atoms with E-state index in [2.05, 4.69) is 69.8 Å². The molecule has 0 fully saturated rings. The SMILES string of the molecule is CC(C)(C)C1Cn2cccc2C(C(C)(C)C)N1. The normalized spacial score (nSPS) is 25.8. The highest BCUT2D eigenvalue weighted by Crippen LogP contribution is 2.38. The monoisotopic (exact) mass is 234 g/mol. The van der Waals surface area contributed by atoms with Crippen molar-refractivity contribution < 1.29 is 0 Å². The Balaban J connectivity index is 2.36. The van der Waals surface area contributed by atoms with Gasteiger partial charge in [0.1, 0.15) is 0 Å². The molecule has 1 N–H and O–H groups in total. The Morgan fingerprint density at radius 2 is 1.76 bits per heavy atom. The molecular formula is C15H26N2. The topological polar surface area (TPSA) is 17.0 Å². The summed E-state index contributed by atoms with van der Waals surface area (Å²) in [5.41, 5.74) is 1.98. The number of hydrogen-bond donors (Lipinski definition) is 1. The number of nitrogens with one attached hydrogen (secondary N) is 1. The molecule has 2 heterocycles. The fourth-order valence-electron chi connectivity index (χ4n) is 2.61. The molecule has 1 aliphatic rings. The van der Waals surface area contributed by atoms with E-state index in [-0.39, 0.29) is 5.41 Å². The summed E-state index contributed by atoms with van der Waals surface area (Å²) in [6.45, 7) is 15.0. The first kappa shape index (κ1) is 12.7. The van der Waals surface area contributed by atoms with Crippen LogP contribution in [-0.4, -0.2) is 10.6 Å². The maximum absolute atomic E-state index is 3.85. The average molecular weight is 234 g/mol. The summed E-state index contributed by atoms with van der Waals surface area (Å²) in [6.07, 6.45) is 2.22. The number of aromatic nitrogens is 1. The number of rotatable bonds is 0. The fourth-order valence-corrected chi connectivity index (χ4v) is 2.61. The molecule has 2 atom stereocenters. The third kappa shape index (κ3) is 2.42. The van der Waals surface area contributed by atoms with E-state index < -0.39 is 0 Å². The van der Waals surface area contributed by atoms with Gasteiger partial charge in [0.05, 0.1) is 6.04 Å². The summed E-state index contributed by atoms with van der Waals surface area (Å²) >= 11 is 0. The molecule has 0 bridgehead atoms. The molecule has 0 amide bonds. The molecule has 0 spiro atoms. The summed E-state index contributed by atoms with van der Waals surface area (Å²) in [5.74, 6) is 0. The molecule has 17 heavy (non-hydrogen) atoms. The molecule has 0 saturated carbocycles. The van der Waals surface area contributed by atoms with Gasteiger partial charge in [-0.15, -0.1) is 0 Å². The molecule has 2 nitrogen and oxygen atoms in total. The second-order valence-corrected chi connectivity index (χ2v) is 7.47. The predicted octanol–water partition coefficient (Wildman–Crippen LogP) is 3.59. The van der Waals surface area contributed by atoms with Crippen LogP contribution in [0.2, 0.25) is 0 Å². The van der Waals surface area contributed by atoms with Gasteiger partial charge >= 0.3 is 0 Å². The first-order chi connectivity index (χ1) is 7.69. The Bertz CT molecular complexity index is 390. The second-order valence-electron chi connectivity index (χ2n) is 7.47. The van der Waals surface area contributed by atoms with Crippen LogP contribution < -0.4 is 5.32 Å². The lowest BCUT2D eigenvalue weighted by atomic mass is 9.79.